The van der Waals surface area contributed by atoms with Crippen molar-refractivity contribution in [3.63, 3.8) is 0 Å². The highest BCUT2D eigenvalue weighted by atomic mass is 16.8. The van der Waals surface area contributed by atoms with Crippen molar-refractivity contribution in [1.82, 2.24) is 0 Å². The van der Waals surface area contributed by atoms with Crippen molar-refractivity contribution < 1.29 is 15.2 Å². The van der Waals surface area contributed by atoms with E-state index in [9.17, 15) is 5.21 Å². The van der Waals surface area contributed by atoms with E-state index in [0.29, 0.717) is 12.4 Å². The van der Waals surface area contributed by atoms with E-state index in [1.807, 2.05) is 0 Å². The SMILES string of the molecule is C=CCOc1ccc(N)c([NH+]([O-])O)c1. The van der Waals surface area contributed by atoms with E-state index < -0.39 is 5.23 Å². The summed E-state index contributed by atoms with van der Waals surface area (Å²) in [6, 6.07) is 4.51. The summed E-state index contributed by atoms with van der Waals surface area (Å²) in [7, 11) is 0. The van der Waals surface area contributed by atoms with Crippen LogP contribution in [0.25, 0.3) is 0 Å². The zero-order chi connectivity index (χ0) is 10.6. The Morgan fingerprint density at radius 2 is 2.36 bits per heavy atom. The van der Waals surface area contributed by atoms with E-state index in [1.54, 1.807) is 12.1 Å². The van der Waals surface area contributed by atoms with Gasteiger partial charge in [-0.3, -0.25) is 0 Å². The normalized spacial score (nSPS) is 12.1. The van der Waals surface area contributed by atoms with Crippen molar-refractivity contribution >= 4 is 11.4 Å². The predicted octanol–water partition coefficient (Wildman–Crippen LogP) is 0.237. The van der Waals surface area contributed by atoms with Crippen LogP contribution in [0.2, 0.25) is 0 Å². The van der Waals surface area contributed by atoms with Crippen molar-refractivity contribution in [3.8, 4) is 5.75 Å². The van der Waals surface area contributed by atoms with Crippen molar-refractivity contribution in [1.29, 1.82) is 0 Å². The Morgan fingerprint density at radius 1 is 1.64 bits per heavy atom. The Hall–Kier alpha value is -1.56. The first-order valence-corrected chi connectivity index (χ1v) is 4.01. The third-order valence-electron chi connectivity index (χ3n) is 1.62. The van der Waals surface area contributed by atoms with Gasteiger partial charge in [0.1, 0.15) is 12.4 Å². The van der Waals surface area contributed by atoms with Crippen molar-refractivity contribution in [2.45, 2.75) is 0 Å². The average molecular weight is 196 g/mol. The summed E-state index contributed by atoms with van der Waals surface area (Å²) >= 11 is 0. The lowest BCUT2D eigenvalue weighted by atomic mass is 10.2. The molecule has 1 atom stereocenters. The first-order valence-electron chi connectivity index (χ1n) is 4.01. The molecular formula is C9H12N2O3. The van der Waals surface area contributed by atoms with Gasteiger partial charge in [0.05, 0.1) is 5.69 Å². The number of hydrogen-bond acceptors (Lipinski definition) is 4. The van der Waals surface area contributed by atoms with Crippen LogP contribution in [0.15, 0.2) is 30.9 Å². The Balaban J connectivity index is 2.88. The minimum Gasteiger partial charge on any atom is -0.595 e. The smallest absolute Gasteiger partial charge is 0.190 e. The predicted molar refractivity (Wildman–Crippen MR) is 52.3 cm³/mol. The molecule has 1 rings (SSSR count). The van der Waals surface area contributed by atoms with Crippen molar-refractivity contribution in [3.05, 3.63) is 36.1 Å². The number of nitrogens with one attached hydrogen (secondary N) is 1. The zero-order valence-corrected chi connectivity index (χ0v) is 7.56. The van der Waals surface area contributed by atoms with E-state index in [1.165, 1.54) is 12.1 Å². The quantitative estimate of drug-likeness (QED) is 0.366. The highest BCUT2D eigenvalue weighted by Crippen LogP contribution is 2.21. The van der Waals surface area contributed by atoms with Gasteiger partial charge in [-0.25, -0.2) is 5.21 Å². The summed E-state index contributed by atoms with van der Waals surface area (Å²) in [6.45, 7) is 3.82. The molecule has 0 amide bonds. The van der Waals surface area contributed by atoms with Gasteiger partial charge in [0, 0.05) is 6.07 Å². The maximum atomic E-state index is 10.7. The highest BCUT2D eigenvalue weighted by Gasteiger charge is 2.07. The number of quaternary nitrogens is 1. The van der Waals surface area contributed by atoms with Gasteiger partial charge in [-0.05, 0) is 12.1 Å². The van der Waals surface area contributed by atoms with Crippen LogP contribution in [0, 0.1) is 5.21 Å². The summed E-state index contributed by atoms with van der Waals surface area (Å²) in [4.78, 5) is 0. The molecule has 0 aliphatic carbocycles. The first-order chi connectivity index (χ1) is 6.65. The molecule has 0 aromatic heterocycles. The van der Waals surface area contributed by atoms with Crippen LogP contribution in [0.3, 0.4) is 0 Å². The molecule has 0 saturated heterocycles. The molecule has 0 spiro atoms. The molecule has 0 radical (unpaired) electrons. The Morgan fingerprint density at radius 3 is 2.93 bits per heavy atom. The van der Waals surface area contributed by atoms with Gasteiger partial charge >= 0.3 is 0 Å². The second kappa shape index (κ2) is 4.61. The summed E-state index contributed by atoms with van der Waals surface area (Å²) in [6.07, 6.45) is 1.58. The standard InChI is InChI=1S/C9H12N2O3/c1-2-5-14-7-3-4-8(10)9(6-7)11(12)13/h2-4,6,11-12H,1,5,10H2. The molecule has 0 saturated carbocycles. The summed E-state index contributed by atoms with van der Waals surface area (Å²) in [5.41, 5.74) is 5.74. The minimum absolute atomic E-state index is 0.0477. The van der Waals surface area contributed by atoms with Crippen LogP contribution in [-0.4, -0.2) is 11.8 Å². The van der Waals surface area contributed by atoms with Gasteiger partial charge in [-0.1, -0.05) is 12.7 Å². The lowest BCUT2D eigenvalue weighted by Crippen LogP contribution is -2.99. The molecule has 5 nitrogen and oxygen atoms in total. The van der Waals surface area contributed by atoms with E-state index in [2.05, 4.69) is 6.58 Å². The molecule has 0 aliphatic rings. The zero-order valence-electron chi connectivity index (χ0n) is 7.56. The van der Waals surface area contributed by atoms with E-state index in [4.69, 9.17) is 15.7 Å². The van der Waals surface area contributed by atoms with Gasteiger partial charge in [0.15, 0.2) is 5.69 Å². The molecule has 0 bridgehead atoms. The highest BCUT2D eigenvalue weighted by molar-refractivity contribution is 5.60. The Kier molecular flexibility index (Phi) is 3.47. The van der Waals surface area contributed by atoms with Gasteiger partial charge in [-0.2, -0.15) is 5.23 Å². The lowest BCUT2D eigenvalue weighted by Gasteiger charge is -2.14. The monoisotopic (exact) mass is 196 g/mol. The molecular weight excluding hydrogens is 184 g/mol. The van der Waals surface area contributed by atoms with Crippen LogP contribution in [0.1, 0.15) is 0 Å². The lowest BCUT2D eigenvalue weighted by molar-refractivity contribution is -0.990. The fourth-order valence-electron chi connectivity index (χ4n) is 0.966. The number of benzene rings is 1. The summed E-state index contributed by atoms with van der Waals surface area (Å²) < 4.78 is 5.16. The van der Waals surface area contributed by atoms with Crippen LogP contribution in [0.4, 0.5) is 11.4 Å². The minimum atomic E-state index is -1.06. The van der Waals surface area contributed by atoms with E-state index in [-0.39, 0.29) is 11.4 Å². The number of hydrogen-bond donors (Lipinski definition) is 3. The number of nitrogen functional groups attached to an aromatic ring is 1. The van der Waals surface area contributed by atoms with Crippen molar-refractivity contribution in [2.24, 2.45) is 0 Å². The van der Waals surface area contributed by atoms with E-state index in [0.717, 1.165) is 0 Å². The topological polar surface area (TPSA) is 83.0 Å². The summed E-state index contributed by atoms with van der Waals surface area (Å²) in [5.74, 6) is 0.469. The molecule has 1 aromatic rings. The largest absolute Gasteiger partial charge is 0.595 e. The summed E-state index contributed by atoms with van der Waals surface area (Å²) in [5, 5.41) is 18.4. The fraction of sp³-hybridized carbons (Fsp3) is 0.111. The molecule has 0 aliphatic heterocycles. The molecule has 1 unspecified atom stereocenters. The number of ether oxygens (including phenoxy) is 1. The van der Waals surface area contributed by atoms with Gasteiger partial charge in [0.2, 0.25) is 0 Å². The molecule has 4 N–H and O–H groups in total. The van der Waals surface area contributed by atoms with Gasteiger partial charge in [-0.15, -0.1) is 0 Å². The molecule has 5 heteroatoms. The number of rotatable bonds is 4. The molecule has 0 heterocycles. The van der Waals surface area contributed by atoms with E-state index >= 15 is 0 Å². The molecule has 0 fully saturated rings. The maximum Gasteiger partial charge on any atom is 0.190 e. The number of anilines is 1. The molecule has 76 valence electrons. The Bertz CT molecular complexity index is 326. The second-order valence-electron chi connectivity index (χ2n) is 2.65. The second-order valence-corrected chi connectivity index (χ2v) is 2.65. The third-order valence-corrected chi connectivity index (χ3v) is 1.62. The average Bonchev–Trinajstić information content (AvgIpc) is 2.16. The third kappa shape index (κ3) is 2.46. The first kappa shape index (κ1) is 10.5. The van der Waals surface area contributed by atoms with Gasteiger partial charge in [0.25, 0.3) is 0 Å². The molecule has 14 heavy (non-hydrogen) atoms. The number of nitrogens with two attached hydrogens (primary N) is 1. The van der Waals surface area contributed by atoms with Crippen LogP contribution < -0.4 is 15.7 Å². The fourth-order valence-corrected chi connectivity index (χ4v) is 0.966. The van der Waals surface area contributed by atoms with Crippen molar-refractivity contribution in [2.75, 3.05) is 12.3 Å². The molecule has 1 aromatic carbocycles. The van der Waals surface area contributed by atoms with Crippen LogP contribution in [-0.2, 0) is 0 Å². The van der Waals surface area contributed by atoms with Crippen LogP contribution in [0.5, 0.6) is 5.75 Å². The maximum absolute atomic E-state index is 10.7. The van der Waals surface area contributed by atoms with Crippen LogP contribution >= 0.6 is 0 Å². The Labute approximate surface area is 81.5 Å². The van der Waals surface area contributed by atoms with Gasteiger partial charge < -0.3 is 15.7 Å².